The van der Waals surface area contributed by atoms with Gasteiger partial charge in [0.1, 0.15) is 5.82 Å². The Morgan fingerprint density at radius 2 is 1.95 bits per heavy atom. The monoisotopic (exact) mass is 282 g/mol. The molecule has 3 amide bonds. The molecule has 0 fully saturated rings. The number of halogens is 1. The summed E-state index contributed by atoms with van der Waals surface area (Å²) >= 11 is 0. The first-order valence-electron chi connectivity index (χ1n) is 6.00. The van der Waals surface area contributed by atoms with Gasteiger partial charge in [0, 0.05) is 6.54 Å². The molecule has 108 valence electrons. The number of urea groups is 1. The lowest BCUT2D eigenvalue weighted by molar-refractivity contribution is -0.127. The second-order valence-corrected chi connectivity index (χ2v) is 3.88. The van der Waals surface area contributed by atoms with Crippen molar-refractivity contribution in [2.75, 3.05) is 6.54 Å². The molecule has 0 bridgehead atoms. The second-order valence-electron chi connectivity index (χ2n) is 3.88. The van der Waals surface area contributed by atoms with Crippen molar-refractivity contribution < 1.29 is 23.5 Å². The smallest absolute Gasteiger partial charge is 0.341 e. The maximum Gasteiger partial charge on any atom is 0.341 e. The van der Waals surface area contributed by atoms with Crippen molar-refractivity contribution in [3.63, 3.8) is 0 Å². The van der Waals surface area contributed by atoms with E-state index in [4.69, 9.17) is 4.74 Å². The summed E-state index contributed by atoms with van der Waals surface area (Å²) in [5.74, 6) is -2.50. The molecule has 2 N–H and O–H groups in total. The van der Waals surface area contributed by atoms with Crippen LogP contribution in [0.3, 0.4) is 0 Å². The van der Waals surface area contributed by atoms with Crippen LogP contribution >= 0.6 is 0 Å². The second kappa shape index (κ2) is 7.22. The largest absolute Gasteiger partial charge is 0.449 e. The van der Waals surface area contributed by atoms with Gasteiger partial charge < -0.3 is 10.1 Å². The molecule has 0 aliphatic heterocycles. The van der Waals surface area contributed by atoms with Gasteiger partial charge in [0.05, 0.1) is 5.56 Å². The highest BCUT2D eigenvalue weighted by Crippen LogP contribution is 2.09. The van der Waals surface area contributed by atoms with Crippen LogP contribution in [0, 0.1) is 5.82 Å². The van der Waals surface area contributed by atoms with E-state index in [1.165, 1.54) is 25.1 Å². The lowest BCUT2D eigenvalue weighted by Crippen LogP contribution is -2.44. The van der Waals surface area contributed by atoms with Gasteiger partial charge in [-0.1, -0.05) is 12.1 Å². The fourth-order valence-electron chi connectivity index (χ4n) is 1.32. The molecule has 1 aromatic carbocycles. The predicted molar refractivity (Wildman–Crippen MR) is 68.5 cm³/mol. The zero-order valence-corrected chi connectivity index (χ0v) is 11.1. The molecule has 1 rings (SSSR count). The van der Waals surface area contributed by atoms with Crippen LogP contribution in [0.4, 0.5) is 9.18 Å². The van der Waals surface area contributed by atoms with Gasteiger partial charge in [-0.25, -0.2) is 14.0 Å². The van der Waals surface area contributed by atoms with Gasteiger partial charge >= 0.3 is 12.0 Å². The van der Waals surface area contributed by atoms with Crippen molar-refractivity contribution in [3.05, 3.63) is 35.6 Å². The molecule has 0 spiro atoms. The molecule has 0 aromatic heterocycles. The molecule has 0 unspecified atom stereocenters. The first kappa shape index (κ1) is 15.6. The van der Waals surface area contributed by atoms with Gasteiger partial charge in [-0.2, -0.15) is 0 Å². The summed E-state index contributed by atoms with van der Waals surface area (Å²) in [6.07, 6.45) is -1.22. The minimum absolute atomic E-state index is 0.273. The summed E-state index contributed by atoms with van der Waals surface area (Å²) < 4.78 is 18.1. The minimum atomic E-state index is -1.22. The number of benzene rings is 1. The van der Waals surface area contributed by atoms with Crippen molar-refractivity contribution in [1.82, 2.24) is 10.6 Å². The standard InChI is InChI=1S/C13H15FN2O4/c1-3-15-13(19)16-11(17)8(2)20-12(18)9-6-4-5-7-10(9)14/h4-8H,3H2,1-2H3,(H2,15,16,17,19)/t8-/m1/s1. The van der Waals surface area contributed by atoms with Gasteiger partial charge in [0.25, 0.3) is 5.91 Å². The van der Waals surface area contributed by atoms with Crippen LogP contribution in [0.5, 0.6) is 0 Å². The van der Waals surface area contributed by atoms with Crippen molar-refractivity contribution in [2.45, 2.75) is 20.0 Å². The molecule has 0 aliphatic carbocycles. The maximum atomic E-state index is 13.3. The van der Waals surface area contributed by atoms with Crippen LogP contribution < -0.4 is 10.6 Å². The summed E-state index contributed by atoms with van der Waals surface area (Å²) in [6, 6.07) is 4.56. The Morgan fingerprint density at radius 1 is 1.30 bits per heavy atom. The number of amides is 3. The Labute approximate surface area is 115 Å². The average molecular weight is 282 g/mol. The predicted octanol–water partition coefficient (Wildman–Crippen LogP) is 1.22. The maximum absolute atomic E-state index is 13.3. The Bertz CT molecular complexity index is 519. The molecule has 0 radical (unpaired) electrons. The molecule has 0 heterocycles. The summed E-state index contributed by atoms with van der Waals surface area (Å²) in [6.45, 7) is 3.32. The van der Waals surface area contributed by atoms with E-state index in [1.54, 1.807) is 6.92 Å². The van der Waals surface area contributed by atoms with Crippen molar-refractivity contribution in [2.24, 2.45) is 0 Å². The van der Waals surface area contributed by atoms with Crippen LogP contribution in [0.25, 0.3) is 0 Å². The number of carbonyl (C=O) groups is 3. The van der Waals surface area contributed by atoms with E-state index in [2.05, 4.69) is 5.32 Å². The Morgan fingerprint density at radius 3 is 2.55 bits per heavy atom. The molecule has 7 heteroatoms. The van der Waals surface area contributed by atoms with E-state index in [1.807, 2.05) is 5.32 Å². The molecule has 0 saturated heterocycles. The number of carbonyl (C=O) groups excluding carboxylic acids is 3. The third-order valence-electron chi connectivity index (χ3n) is 2.32. The summed E-state index contributed by atoms with van der Waals surface area (Å²) in [5, 5.41) is 4.35. The average Bonchev–Trinajstić information content (AvgIpc) is 2.39. The molecular weight excluding hydrogens is 267 g/mol. The highest BCUT2D eigenvalue weighted by Gasteiger charge is 2.22. The lowest BCUT2D eigenvalue weighted by Gasteiger charge is -2.13. The third kappa shape index (κ3) is 4.34. The summed E-state index contributed by atoms with van der Waals surface area (Å²) in [5.41, 5.74) is -0.273. The zero-order valence-electron chi connectivity index (χ0n) is 11.1. The Kier molecular flexibility index (Phi) is 5.64. The van der Waals surface area contributed by atoms with E-state index < -0.39 is 29.8 Å². The van der Waals surface area contributed by atoms with Gasteiger partial charge in [-0.05, 0) is 26.0 Å². The van der Waals surface area contributed by atoms with Crippen LogP contribution in [0.15, 0.2) is 24.3 Å². The number of imide groups is 1. The number of ether oxygens (including phenoxy) is 1. The Balaban J connectivity index is 2.60. The molecule has 0 aliphatic rings. The molecule has 6 nitrogen and oxygen atoms in total. The topological polar surface area (TPSA) is 84.5 Å². The van der Waals surface area contributed by atoms with Gasteiger partial charge in [-0.3, -0.25) is 10.1 Å². The summed E-state index contributed by atoms with van der Waals surface area (Å²) in [7, 11) is 0. The van der Waals surface area contributed by atoms with E-state index in [-0.39, 0.29) is 5.56 Å². The highest BCUT2D eigenvalue weighted by molar-refractivity contribution is 5.98. The fourth-order valence-corrected chi connectivity index (χ4v) is 1.32. The van der Waals surface area contributed by atoms with E-state index >= 15 is 0 Å². The molecule has 1 aromatic rings. The third-order valence-corrected chi connectivity index (χ3v) is 2.32. The van der Waals surface area contributed by atoms with Crippen molar-refractivity contribution >= 4 is 17.9 Å². The van der Waals surface area contributed by atoms with E-state index in [0.717, 1.165) is 6.07 Å². The van der Waals surface area contributed by atoms with Gasteiger partial charge in [0.15, 0.2) is 6.10 Å². The molecule has 0 saturated carbocycles. The lowest BCUT2D eigenvalue weighted by atomic mass is 10.2. The zero-order chi connectivity index (χ0) is 15.1. The van der Waals surface area contributed by atoms with E-state index in [9.17, 15) is 18.8 Å². The van der Waals surface area contributed by atoms with Crippen LogP contribution in [0.2, 0.25) is 0 Å². The molecule has 20 heavy (non-hydrogen) atoms. The van der Waals surface area contributed by atoms with Gasteiger partial charge in [0.2, 0.25) is 0 Å². The first-order chi connectivity index (χ1) is 9.45. The molecular formula is C13H15FN2O4. The van der Waals surface area contributed by atoms with Crippen molar-refractivity contribution in [3.8, 4) is 0 Å². The number of hydrogen-bond donors (Lipinski definition) is 2. The van der Waals surface area contributed by atoms with Gasteiger partial charge in [-0.15, -0.1) is 0 Å². The van der Waals surface area contributed by atoms with Crippen molar-refractivity contribution in [1.29, 1.82) is 0 Å². The summed E-state index contributed by atoms with van der Waals surface area (Å²) in [4.78, 5) is 34.3. The quantitative estimate of drug-likeness (QED) is 0.813. The number of esters is 1. The highest BCUT2D eigenvalue weighted by atomic mass is 19.1. The normalized spacial score (nSPS) is 11.3. The fraction of sp³-hybridized carbons (Fsp3) is 0.308. The SMILES string of the molecule is CCNC(=O)NC(=O)[C@@H](C)OC(=O)c1ccccc1F. The van der Waals surface area contributed by atoms with Crippen LogP contribution in [-0.4, -0.2) is 30.6 Å². The minimum Gasteiger partial charge on any atom is -0.449 e. The molecule has 1 atom stereocenters. The first-order valence-corrected chi connectivity index (χ1v) is 6.00. The number of rotatable bonds is 4. The number of hydrogen-bond acceptors (Lipinski definition) is 4. The van der Waals surface area contributed by atoms with Crippen LogP contribution in [-0.2, 0) is 9.53 Å². The number of nitrogens with one attached hydrogen (secondary N) is 2. The van der Waals surface area contributed by atoms with E-state index in [0.29, 0.717) is 6.54 Å². The Hall–Kier alpha value is -2.44. The van der Waals surface area contributed by atoms with Crippen LogP contribution in [0.1, 0.15) is 24.2 Å².